The Kier molecular flexibility index (Phi) is 5.33. The molecule has 0 unspecified atom stereocenters. The van der Waals surface area contributed by atoms with Crippen molar-refractivity contribution < 1.29 is 14.3 Å². The number of amides is 2. The number of fused-ring (bicyclic) bond motifs is 1. The highest BCUT2D eigenvalue weighted by molar-refractivity contribution is 5.97. The molecule has 0 saturated heterocycles. The van der Waals surface area contributed by atoms with Crippen LogP contribution in [0.1, 0.15) is 24.0 Å². The van der Waals surface area contributed by atoms with E-state index in [0.29, 0.717) is 25.4 Å². The van der Waals surface area contributed by atoms with E-state index in [1.165, 1.54) is 5.56 Å². The number of hydrogen-bond acceptors (Lipinski definition) is 3. The van der Waals surface area contributed by atoms with Crippen LogP contribution in [0.25, 0.3) is 0 Å². The van der Waals surface area contributed by atoms with Crippen molar-refractivity contribution in [1.29, 1.82) is 0 Å². The number of anilines is 1. The third-order valence-corrected chi connectivity index (χ3v) is 4.21. The van der Waals surface area contributed by atoms with Gasteiger partial charge in [0.1, 0.15) is 12.4 Å². The Morgan fingerprint density at radius 2 is 1.84 bits per heavy atom. The second-order valence-electron chi connectivity index (χ2n) is 6.12. The van der Waals surface area contributed by atoms with Gasteiger partial charge in [-0.15, -0.1) is 0 Å². The van der Waals surface area contributed by atoms with Gasteiger partial charge in [0.2, 0.25) is 11.8 Å². The zero-order valence-electron chi connectivity index (χ0n) is 14.3. The topological polar surface area (TPSA) is 58.6 Å². The van der Waals surface area contributed by atoms with Gasteiger partial charge >= 0.3 is 0 Å². The number of nitrogens with zero attached hydrogens (tertiary/aromatic N) is 1. The van der Waals surface area contributed by atoms with E-state index in [1.54, 1.807) is 4.90 Å². The van der Waals surface area contributed by atoms with Gasteiger partial charge in [0.05, 0.1) is 12.2 Å². The van der Waals surface area contributed by atoms with Crippen LogP contribution < -0.4 is 15.0 Å². The van der Waals surface area contributed by atoms with Crippen molar-refractivity contribution in [3.63, 3.8) is 0 Å². The van der Waals surface area contributed by atoms with Crippen LogP contribution in [-0.4, -0.2) is 25.0 Å². The molecule has 1 heterocycles. The fraction of sp³-hybridized carbons (Fsp3) is 0.300. The quantitative estimate of drug-likeness (QED) is 0.912. The highest BCUT2D eigenvalue weighted by Gasteiger charge is 2.23. The number of hydrogen-bond donors (Lipinski definition) is 1. The van der Waals surface area contributed by atoms with E-state index in [9.17, 15) is 9.59 Å². The average molecular weight is 338 g/mol. The Morgan fingerprint density at radius 1 is 1.08 bits per heavy atom. The maximum absolute atomic E-state index is 12.5. The highest BCUT2D eigenvalue weighted by atomic mass is 16.5. The molecule has 0 aromatic heterocycles. The molecule has 5 nitrogen and oxygen atoms in total. The van der Waals surface area contributed by atoms with Gasteiger partial charge in [-0.3, -0.25) is 9.59 Å². The van der Waals surface area contributed by atoms with Gasteiger partial charge in [-0.1, -0.05) is 42.0 Å². The summed E-state index contributed by atoms with van der Waals surface area (Å²) < 4.78 is 5.55. The second-order valence-corrected chi connectivity index (χ2v) is 6.12. The van der Waals surface area contributed by atoms with Crippen molar-refractivity contribution in [3.05, 3.63) is 59.7 Å². The number of benzene rings is 2. The number of nitrogens with one attached hydrogen (secondary N) is 1. The SMILES string of the molecule is Cc1ccc(CNC(=O)CCC(=O)N2CCOc3ccccc32)cc1. The predicted molar refractivity (Wildman–Crippen MR) is 96.5 cm³/mol. The van der Waals surface area contributed by atoms with Crippen molar-refractivity contribution in [3.8, 4) is 5.75 Å². The maximum atomic E-state index is 12.5. The minimum atomic E-state index is -0.115. The first-order chi connectivity index (χ1) is 12.1. The molecule has 130 valence electrons. The first kappa shape index (κ1) is 17.0. The van der Waals surface area contributed by atoms with Gasteiger partial charge in [0.25, 0.3) is 0 Å². The molecule has 0 fully saturated rings. The summed E-state index contributed by atoms with van der Waals surface area (Å²) in [4.78, 5) is 26.2. The Morgan fingerprint density at radius 3 is 2.64 bits per heavy atom. The van der Waals surface area contributed by atoms with Crippen LogP contribution in [0.15, 0.2) is 48.5 Å². The van der Waals surface area contributed by atoms with Crippen LogP contribution in [0.2, 0.25) is 0 Å². The van der Waals surface area contributed by atoms with Crippen LogP contribution >= 0.6 is 0 Å². The maximum Gasteiger partial charge on any atom is 0.227 e. The molecule has 2 aromatic carbocycles. The molecule has 3 rings (SSSR count). The van der Waals surface area contributed by atoms with Gasteiger partial charge < -0.3 is 15.0 Å². The summed E-state index contributed by atoms with van der Waals surface area (Å²) in [6.45, 7) is 3.49. The lowest BCUT2D eigenvalue weighted by Crippen LogP contribution is -2.38. The molecule has 0 bridgehead atoms. The van der Waals surface area contributed by atoms with Gasteiger partial charge in [-0.2, -0.15) is 0 Å². The van der Waals surface area contributed by atoms with Gasteiger partial charge in [0, 0.05) is 19.4 Å². The zero-order valence-corrected chi connectivity index (χ0v) is 14.3. The molecule has 1 aliphatic rings. The molecule has 0 saturated carbocycles. The molecule has 0 aliphatic carbocycles. The number of aryl methyl sites for hydroxylation is 1. The van der Waals surface area contributed by atoms with Crippen molar-refractivity contribution in [2.75, 3.05) is 18.1 Å². The third-order valence-electron chi connectivity index (χ3n) is 4.21. The van der Waals surface area contributed by atoms with Crippen LogP contribution in [-0.2, 0) is 16.1 Å². The number of para-hydroxylation sites is 2. The second kappa shape index (κ2) is 7.83. The summed E-state index contributed by atoms with van der Waals surface area (Å²) in [6, 6.07) is 15.5. The van der Waals surface area contributed by atoms with Crippen molar-refractivity contribution in [1.82, 2.24) is 5.32 Å². The Bertz CT molecular complexity index is 756. The minimum absolute atomic E-state index is 0.0544. The average Bonchev–Trinajstić information content (AvgIpc) is 2.65. The van der Waals surface area contributed by atoms with Crippen LogP contribution in [0.4, 0.5) is 5.69 Å². The smallest absolute Gasteiger partial charge is 0.227 e. The summed E-state index contributed by atoms with van der Waals surface area (Å²) in [6.07, 6.45) is 0.373. The summed E-state index contributed by atoms with van der Waals surface area (Å²) in [7, 11) is 0. The van der Waals surface area contributed by atoms with E-state index in [0.717, 1.165) is 11.3 Å². The van der Waals surface area contributed by atoms with Gasteiger partial charge in [-0.05, 0) is 24.6 Å². The highest BCUT2D eigenvalue weighted by Crippen LogP contribution is 2.31. The fourth-order valence-corrected chi connectivity index (χ4v) is 2.78. The predicted octanol–water partition coefficient (Wildman–Crippen LogP) is 2.82. The lowest BCUT2D eigenvalue weighted by atomic mass is 10.1. The molecule has 0 atom stereocenters. The lowest BCUT2D eigenvalue weighted by Gasteiger charge is -2.29. The van der Waals surface area contributed by atoms with E-state index >= 15 is 0 Å². The fourth-order valence-electron chi connectivity index (χ4n) is 2.78. The molecule has 25 heavy (non-hydrogen) atoms. The van der Waals surface area contributed by atoms with E-state index in [4.69, 9.17) is 4.74 Å². The van der Waals surface area contributed by atoms with Crippen LogP contribution in [0.3, 0.4) is 0 Å². The Hall–Kier alpha value is -2.82. The van der Waals surface area contributed by atoms with Crippen molar-refractivity contribution in [2.24, 2.45) is 0 Å². The van der Waals surface area contributed by atoms with Crippen LogP contribution in [0.5, 0.6) is 5.75 Å². The molecular weight excluding hydrogens is 316 g/mol. The molecule has 5 heteroatoms. The zero-order chi connectivity index (χ0) is 17.6. The summed E-state index contributed by atoms with van der Waals surface area (Å²) >= 11 is 0. The number of rotatable bonds is 5. The third kappa shape index (κ3) is 4.38. The first-order valence-electron chi connectivity index (χ1n) is 8.48. The summed E-state index contributed by atoms with van der Waals surface area (Å²) in [5.74, 6) is 0.544. The van der Waals surface area contributed by atoms with Crippen molar-refractivity contribution >= 4 is 17.5 Å². The van der Waals surface area contributed by atoms with Gasteiger partial charge in [0.15, 0.2) is 0 Å². The summed E-state index contributed by atoms with van der Waals surface area (Å²) in [5.41, 5.74) is 3.01. The number of carbonyl (C=O) groups excluding carboxylic acids is 2. The van der Waals surface area contributed by atoms with Crippen molar-refractivity contribution in [2.45, 2.75) is 26.3 Å². The molecular formula is C20H22N2O3. The van der Waals surface area contributed by atoms with E-state index in [-0.39, 0.29) is 24.7 Å². The minimum Gasteiger partial charge on any atom is -0.490 e. The molecule has 1 aliphatic heterocycles. The number of carbonyl (C=O) groups is 2. The van der Waals surface area contributed by atoms with E-state index in [2.05, 4.69) is 5.32 Å². The van der Waals surface area contributed by atoms with E-state index < -0.39 is 0 Å². The van der Waals surface area contributed by atoms with Crippen LogP contribution in [0, 0.1) is 6.92 Å². The summed E-state index contributed by atoms with van der Waals surface area (Å²) in [5, 5.41) is 2.86. The molecule has 0 spiro atoms. The largest absolute Gasteiger partial charge is 0.490 e. The lowest BCUT2D eigenvalue weighted by molar-refractivity contribution is -0.125. The molecule has 0 radical (unpaired) electrons. The van der Waals surface area contributed by atoms with E-state index in [1.807, 2.05) is 55.5 Å². The molecule has 1 N–H and O–H groups in total. The molecule has 2 amide bonds. The monoisotopic (exact) mass is 338 g/mol. The number of ether oxygens (including phenoxy) is 1. The Balaban J connectivity index is 1.49. The first-order valence-corrected chi connectivity index (χ1v) is 8.48. The normalized spacial score (nSPS) is 12.9. The molecule has 2 aromatic rings. The van der Waals surface area contributed by atoms with Gasteiger partial charge in [-0.25, -0.2) is 0 Å². The Labute approximate surface area is 147 Å². The standard InChI is InChI=1S/C20H22N2O3/c1-15-6-8-16(9-7-15)14-21-19(23)10-11-20(24)22-12-13-25-18-5-3-2-4-17(18)22/h2-9H,10-14H2,1H3,(H,21,23).